The highest BCUT2D eigenvalue weighted by molar-refractivity contribution is 7.96. The number of carbonyl (C=O) groups is 1. The van der Waals surface area contributed by atoms with Gasteiger partial charge in [-0.05, 0) is 23.7 Å². The SMILES string of the molecule is CC(C)C(C(=O)C1CCCCC1)[S+](C)C. The summed E-state index contributed by atoms with van der Waals surface area (Å²) in [6.45, 7) is 4.39. The van der Waals surface area contributed by atoms with E-state index in [1.807, 2.05) is 0 Å². The van der Waals surface area contributed by atoms with Gasteiger partial charge in [-0.1, -0.05) is 33.1 Å². The lowest BCUT2D eigenvalue weighted by atomic mass is 9.83. The van der Waals surface area contributed by atoms with Gasteiger partial charge in [-0.2, -0.15) is 0 Å². The average molecular weight is 229 g/mol. The Kier molecular flexibility index (Phi) is 5.17. The lowest BCUT2D eigenvalue weighted by Crippen LogP contribution is -2.38. The molecule has 15 heavy (non-hydrogen) atoms. The Bertz CT molecular complexity index is 197. The molecule has 2 heteroatoms. The van der Waals surface area contributed by atoms with Gasteiger partial charge in [-0.3, -0.25) is 4.79 Å². The van der Waals surface area contributed by atoms with E-state index in [4.69, 9.17) is 0 Å². The number of rotatable bonds is 4. The summed E-state index contributed by atoms with van der Waals surface area (Å²) in [5.74, 6) is 1.47. The van der Waals surface area contributed by atoms with E-state index in [2.05, 4.69) is 26.4 Å². The largest absolute Gasteiger partial charge is 0.294 e. The smallest absolute Gasteiger partial charge is 0.188 e. The minimum Gasteiger partial charge on any atom is -0.294 e. The maximum absolute atomic E-state index is 12.4. The van der Waals surface area contributed by atoms with Crippen LogP contribution in [0.5, 0.6) is 0 Å². The first-order valence-corrected chi connectivity index (χ1v) is 8.24. The van der Waals surface area contributed by atoms with Gasteiger partial charge in [0.15, 0.2) is 11.0 Å². The van der Waals surface area contributed by atoms with Crippen molar-refractivity contribution < 1.29 is 4.79 Å². The fourth-order valence-electron chi connectivity index (χ4n) is 2.72. The molecule has 88 valence electrons. The van der Waals surface area contributed by atoms with E-state index in [-0.39, 0.29) is 10.9 Å². The summed E-state index contributed by atoms with van der Waals surface area (Å²) in [4.78, 5) is 12.4. The van der Waals surface area contributed by atoms with Crippen LogP contribution >= 0.6 is 0 Å². The normalized spacial score (nSPS) is 20.9. The molecule has 0 N–H and O–H groups in total. The van der Waals surface area contributed by atoms with Gasteiger partial charge in [-0.15, -0.1) is 0 Å². The van der Waals surface area contributed by atoms with Crippen molar-refractivity contribution in [2.45, 2.75) is 51.2 Å². The first kappa shape index (κ1) is 13.1. The highest BCUT2D eigenvalue weighted by Crippen LogP contribution is 2.28. The van der Waals surface area contributed by atoms with Gasteiger partial charge in [0.1, 0.15) is 0 Å². The highest BCUT2D eigenvalue weighted by Gasteiger charge is 2.37. The van der Waals surface area contributed by atoms with E-state index in [0.717, 1.165) is 12.8 Å². The summed E-state index contributed by atoms with van der Waals surface area (Å²) in [5, 5.41) is 0.313. The molecule has 0 heterocycles. The molecule has 0 aromatic heterocycles. The van der Waals surface area contributed by atoms with Gasteiger partial charge in [0, 0.05) is 11.8 Å². The topological polar surface area (TPSA) is 17.1 Å². The molecule has 0 aliphatic heterocycles. The molecule has 1 unspecified atom stereocenters. The van der Waals surface area contributed by atoms with Crippen LogP contribution < -0.4 is 0 Å². The summed E-state index contributed by atoms with van der Waals surface area (Å²) < 4.78 is 0. The molecule has 0 aromatic rings. The van der Waals surface area contributed by atoms with Crippen LogP contribution in [-0.2, 0) is 15.7 Å². The van der Waals surface area contributed by atoms with Crippen LogP contribution in [0.25, 0.3) is 0 Å². The molecule has 0 aromatic carbocycles. The van der Waals surface area contributed by atoms with Gasteiger partial charge in [0.2, 0.25) is 0 Å². The molecule has 0 radical (unpaired) electrons. The molecule has 1 saturated carbocycles. The molecular weight excluding hydrogens is 204 g/mol. The summed E-state index contributed by atoms with van der Waals surface area (Å²) in [6.07, 6.45) is 10.6. The number of carbonyl (C=O) groups excluding carboxylic acids is 1. The van der Waals surface area contributed by atoms with E-state index in [1.165, 1.54) is 19.3 Å². The van der Waals surface area contributed by atoms with Crippen molar-refractivity contribution in [3.8, 4) is 0 Å². The summed E-state index contributed by atoms with van der Waals surface area (Å²) in [5.41, 5.74) is 0. The van der Waals surface area contributed by atoms with Crippen LogP contribution in [0.3, 0.4) is 0 Å². The lowest BCUT2D eigenvalue weighted by Gasteiger charge is -2.25. The molecule has 1 nitrogen and oxygen atoms in total. The monoisotopic (exact) mass is 229 g/mol. The third-order valence-corrected chi connectivity index (χ3v) is 5.19. The minimum absolute atomic E-state index is 0.235. The third kappa shape index (κ3) is 3.51. The molecule has 1 aliphatic carbocycles. The maximum atomic E-state index is 12.4. The standard InChI is InChI=1S/C13H25OS/c1-10(2)13(15(3)4)12(14)11-8-6-5-7-9-11/h10-11,13H,5-9H2,1-4H3/q+1. The molecule has 1 rings (SSSR count). The van der Waals surface area contributed by atoms with Crippen molar-refractivity contribution in [2.75, 3.05) is 12.5 Å². The Balaban J connectivity index is 2.62. The van der Waals surface area contributed by atoms with Crippen molar-refractivity contribution in [2.24, 2.45) is 11.8 Å². The second-order valence-electron chi connectivity index (χ2n) is 5.28. The predicted molar refractivity (Wildman–Crippen MR) is 69.4 cm³/mol. The molecule has 0 spiro atoms. The molecular formula is C13H25OS+. The first-order valence-electron chi connectivity index (χ1n) is 6.14. The second kappa shape index (κ2) is 5.93. The predicted octanol–water partition coefficient (Wildman–Crippen LogP) is 3.04. The van der Waals surface area contributed by atoms with Gasteiger partial charge in [0.05, 0.1) is 12.5 Å². The Morgan fingerprint density at radius 3 is 2.07 bits per heavy atom. The Morgan fingerprint density at radius 1 is 1.13 bits per heavy atom. The van der Waals surface area contributed by atoms with E-state index in [0.29, 0.717) is 22.9 Å². The maximum Gasteiger partial charge on any atom is 0.188 e. The van der Waals surface area contributed by atoms with Crippen molar-refractivity contribution >= 4 is 16.7 Å². The molecule has 1 atom stereocenters. The van der Waals surface area contributed by atoms with Gasteiger partial charge >= 0.3 is 0 Å². The van der Waals surface area contributed by atoms with E-state index < -0.39 is 0 Å². The van der Waals surface area contributed by atoms with Crippen molar-refractivity contribution in [1.82, 2.24) is 0 Å². The van der Waals surface area contributed by atoms with Crippen LogP contribution in [0.1, 0.15) is 46.0 Å². The quantitative estimate of drug-likeness (QED) is 0.677. The van der Waals surface area contributed by atoms with Gasteiger partial charge < -0.3 is 0 Å². The molecule has 0 bridgehead atoms. The van der Waals surface area contributed by atoms with E-state index in [1.54, 1.807) is 0 Å². The zero-order valence-electron chi connectivity index (χ0n) is 10.6. The Morgan fingerprint density at radius 2 is 1.67 bits per heavy atom. The zero-order chi connectivity index (χ0) is 11.4. The second-order valence-corrected chi connectivity index (χ2v) is 7.55. The van der Waals surface area contributed by atoms with Crippen molar-refractivity contribution in [1.29, 1.82) is 0 Å². The average Bonchev–Trinajstić information content (AvgIpc) is 2.18. The van der Waals surface area contributed by atoms with Gasteiger partial charge in [0.25, 0.3) is 0 Å². The first-order chi connectivity index (χ1) is 7.04. The summed E-state index contributed by atoms with van der Waals surface area (Å²) in [6, 6.07) is 0. The van der Waals surface area contributed by atoms with Crippen LogP contribution in [-0.4, -0.2) is 23.5 Å². The fraction of sp³-hybridized carbons (Fsp3) is 0.923. The third-order valence-electron chi connectivity index (χ3n) is 3.40. The zero-order valence-corrected chi connectivity index (χ0v) is 11.4. The highest BCUT2D eigenvalue weighted by atomic mass is 32.2. The van der Waals surface area contributed by atoms with E-state index >= 15 is 0 Å². The number of Topliss-reactive ketones (excluding diaryl/α,β-unsaturated/α-hetero) is 1. The van der Waals surface area contributed by atoms with Gasteiger partial charge in [-0.25, -0.2) is 0 Å². The molecule has 0 saturated heterocycles. The number of hydrogen-bond donors (Lipinski definition) is 0. The minimum atomic E-state index is 0.235. The Labute approximate surface area is 97.4 Å². The van der Waals surface area contributed by atoms with Crippen LogP contribution in [0.15, 0.2) is 0 Å². The fourth-order valence-corrected chi connectivity index (χ4v) is 4.47. The van der Waals surface area contributed by atoms with E-state index in [9.17, 15) is 4.79 Å². The number of hydrogen-bond acceptors (Lipinski definition) is 1. The van der Waals surface area contributed by atoms with Crippen LogP contribution in [0.2, 0.25) is 0 Å². The summed E-state index contributed by atoms with van der Waals surface area (Å²) in [7, 11) is 0.235. The van der Waals surface area contributed by atoms with Crippen LogP contribution in [0, 0.1) is 11.8 Å². The van der Waals surface area contributed by atoms with Crippen molar-refractivity contribution in [3.63, 3.8) is 0 Å². The summed E-state index contributed by atoms with van der Waals surface area (Å²) >= 11 is 0. The molecule has 0 amide bonds. The molecule has 1 fully saturated rings. The van der Waals surface area contributed by atoms with Crippen LogP contribution in [0.4, 0.5) is 0 Å². The Hall–Kier alpha value is 0.0200. The molecule has 1 aliphatic rings. The van der Waals surface area contributed by atoms with Crippen molar-refractivity contribution in [3.05, 3.63) is 0 Å². The lowest BCUT2D eigenvalue weighted by molar-refractivity contribution is -0.123. The number of ketones is 1.